The first-order chi connectivity index (χ1) is 14.9. The molecule has 160 valence electrons. The second kappa shape index (κ2) is 8.25. The van der Waals surface area contributed by atoms with Crippen molar-refractivity contribution in [2.45, 2.75) is 24.4 Å². The van der Waals surface area contributed by atoms with E-state index < -0.39 is 23.4 Å². The van der Waals surface area contributed by atoms with E-state index in [-0.39, 0.29) is 42.3 Å². The summed E-state index contributed by atoms with van der Waals surface area (Å²) in [6, 6.07) is 7.15. The highest BCUT2D eigenvalue weighted by Gasteiger charge is 2.48. The van der Waals surface area contributed by atoms with E-state index in [0.717, 1.165) is 0 Å². The Morgan fingerprint density at radius 3 is 2.65 bits per heavy atom. The fraction of sp³-hybridized carbons (Fsp3) is 0.273. The predicted molar refractivity (Wildman–Crippen MR) is 109 cm³/mol. The van der Waals surface area contributed by atoms with Crippen LogP contribution in [0.4, 0.5) is 14.7 Å². The molecule has 0 unspecified atom stereocenters. The molecule has 1 fully saturated rings. The smallest absolute Gasteiger partial charge is 0.337 e. The molecule has 1 aliphatic carbocycles. The average molecular weight is 426 g/mol. The van der Waals surface area contributed by atoms with Gasteiger partial charge in [-0.2, -0.15) is 0 Å². The van der Waals surface area contributed by atoms with Gasteiger partial charge in [-0.3, -0.25) is 4.98 Å². The lowest BCUT2D eigenvalue weighted by atomic mass is 9.65. The number of hydrogen-bond acceptors (Lipinski definition) is 7. The van der Waals surface area contributed by atoms with Gasteiger partial charge in [-0.25, -0.2) is 23.5 Å². The Kier molecular flexibility index (Phi) is 5.50. The molecular formula is C22H20F2N4O3. The molecule has 2 aromatic heterocycles. The van der Waals surface area contributed by atoms with Crippen LogP contribution in [0, 0.1) is 5.82 Å². The Bertz CT molecular complexity index is 1100. The molecule has 1 aromatic carbocycles. The highest BCUT2D eigenvalue weighted by Crippen LogP contribution is 2.45. The number of pyridine rings is 1. The molecule has 0 saturated heterocycles. The normalized spacial score (nSPS) is 20.0. The van der Waals surface area contributed by atoms with E-state index in [4.69, 9.17) is 4.74 Å². The van der Waals surface area contributed by atoms with E-state index in [1.54, 1.807) is 0 Å². The zero-order valence-corrected chi connectivity index (χ0v) is 16.7. The van der Waals surface area contributed by atoms with Crippen LogP contribution in [0.15, 0.2) is 48.9 Å². The molecule has 31 heavy (non-hydrogen) atoms. The molecule has 2 heterocycles. The summed E-state index contributed by atoms with van der Waals surface area (Å²) in [4.78, 5) is 24.3. The standard InChI is InChI=1S/C22H20F2N4O3/c1-31-20(30)13-4-5-18(29)16(7-13)14-10-26-21(27-11-14)28-12-22(8-15(23)9-22)19-17(24)3-2-6-25-19/h2-7,10-11,15,29H,8-9,12H2,1H3,(H,26,27,28). The number of alkyl halides is 1. The van der Waals surface area contributed by atoms with Crippen molar-refractivity contribution in [2.75, 3.05) is 19.0 Å². The van der Waals surface area contributed by atoms with Crippen molar-refractivity contribution in [3.05, 3.63) is 66.0 Å². The van der Waals surface area contributed by atoms with Gasteiger partial charge in [0.2, 0.25) is 5.95 Å². The molecule has 0 spiro atoms. The third-order valence-electron chi connectivity index (χ3n) is 5.45. The van der Waals surface area contributed by atoms with Crippen molar-refractivity contribution in [1.29, 1.82) is 0 Å². The van der Waals surface area contributed by atoms with Gasteiger partial charge in [-0.15, -0.1) is 0 Å². The molecule has 7 nitrogen and oxygen atoms in total. The van der Waals surface area contributed by atoms with Gasteiger partial charge >= 0.3 is 5.97 Å². The number of carbonyl (C=O) groups is 1. The minimum Gasteiger partial charge on any atom is -0.507 e. The molecule has 4 rings (SSSR count). The molecule has 2 N–H and O–H groups in total. The van der Waals surface area contributed by atoms with Gasteiger partial charge in [-0.05, 0) is 43.2 Å². The summed E-state index contributed by atoms with van der Waals surface area (Å²) in [6.07, 6.45) is 3.79. The van der Waals surface area contributed by atoms with Crippen molar-refractivity contribution in [1.82, 2.24) is 15.0 Å². The summed E-state index contributed by atoms with van der Waals surface area (Å²) < 4.78 is 32.6. The Morgan fingerprint density at radius 2 is 2.00 bits per heavy atom. The molecule has 0 bridgehead atoms. The summed E-state index contributed by atoms with van der Waals surface area (Å²) in [6.45, 7) is 0.226. The average Bonchev–Trinajstić information content (AvgIpc) is 2.76. The maximum absolute atomic E-state index is 14.3. The fourth-order valence-electron chi connectivity index (χ4n) is 3.80. The second-order valence-corrected chi connectivity index (χ2v) is 7.49. The van der Waals surface area contributed by atoms with Crippen molar-refractivity contribution in [3.63, 3.8) is 0 Å². The van der Waals surface area contributed by atoms with Crippen molar-refractivity contribution in [2.24, 2.45) is 0 Å². The fourth-order valence-corrected chi connectivity index (χ4v) is 3.80. The van der Waals surface area contributed by atoms with Gasteiger partial charge in [0.1, 0.15) is 17.7 Å². The Hall–Kier alpha value is -3.62. The molecule has 0 atom stereocenters. The minimum absolute atomic E-state index is 0.0370. The van der Waals surface area contributed by atoms with Crippen LogP contribution in [0.2, 0.25) is 0 Å². The predicted octanol–water partition coefficient (Wildman–Crippen LogP) is 3.65. The van der Waals surface area contributed by atoms with Crippen LogP contribution in [0.1, 0.15) is 28.9 Å². The molecule has 3 aromatic rings. The molecule has 0 amide bonds. The number of rotatable bonds is 6. The van der Waals surface area contributed by atoms with Crippen LogP contribution >= 0.6 is 0 Å². The number of carbonyl (C=O) groups excluding carboxylic acids is 1. The van der Waals surface area contributed by atoms with Gasteiger partial charge in [0.25, 0.3) is 0 Å². The number of phenols is 1. The Balaban J connectivity index is 1.52. The van der Waals surface area contributed by atoms with Gasteiger partial charge < -0.3 is 15.2 Å². The number of nitrogens with zero attached hydrogens (tertiary/aromatic N) is 3. The third-order valence-corrected chi connectivity index (χ3v) is 5.45. The highest BCUT2D eigenvalue weighted by molar-refractivity contribution is 5.91. The van der Waals surface area contributed by atoms with E-state index in [1.165, 1.54) is 56.0 Å². The zero-order chi connectivity index (χ0) is 22.0. The maximum atomic E-state index is 14.3. The third kappa shape index (κ3) is 4.03. The molecule has 0 aliphatic heterocycles. The van der Waals surface area contributed by atoms with E-state index in [1.807, 2.05) is 0 Å². The number of esters is 1. The molecule has 1 saturated carbocycles. The van der Waals surface area contributed by atoms with Crippen LogP contribution in [0.3, 0.4) is 0 Å². The largest absolute Gasteiger partial charge is 0.507 e. The first kappa shape index (κ1) is 20.6. The van der Waals surface area contributed by atoms with Crippen LogP contribution in [0.5, 0.6) is 5.75 Å². The SMILES string of the molecule is COC(=O)c1ccc(O)c(-c2cnc(NCC3(c4ncccc4F)CC(F)C3)nc2)c1. The Morgan fingerprint density at radius 1 is 1.26 bits per heavy atom. The highest BCUT2D eigenvalue weighted by atomic mass is 19.1. The second-order valence-electron chi connectivity index (χ2n) is 7.49. The number of nitrogens with one attached hydrogen (secondary N) is 1. The van der Waals surface area contributed by atoms with Crippen molar-refractivity contribution in [3.8, 4) is 16.9 Å². The van der Waals surface area contributed by atoms with Gasteiger partial charge in [-0.1, -0.05) is 0 Å². The number of benzene rings is 1. The van der Waals surface area contributed by atoms with Crippen LogP contribution in [-0.2, 0) is 10.2 Å². The van der Waals surface area contributed by atoms with Gasteiger partial charge in [0.15, 0.2) is 0 Å². The molecule has 1 aliphatic rings. The number of aromatic hydroxyl groups is 1. The van der Waals surface area contributed by atoms with Crippen molar-refractivity contribution >= 4 is 11.9 Å². The van der Waals surface area contributed by atoms with Crippen LogP contribution in [0.25, 0.3) is 11.1 Å². The minimum atomic E-state index is -1.00. The molecule has 9 heteroatoms. The summed E-state index contributed by atoms with van der Waals surface area (Å²) >= 11 is 0. The lowest BCUT2D eigenvalue weighted by Gasteiger charge is -2.43. The number of methoxy groups -OCH3 is 1. The number of anilines is 1. The monoisotopic (exact) mass is 426 g/mol. The first-order valence-electron chi connectivity index (χ1n) is 9.64. The summed E-state index contributed by atoms with van der Waals surface area (Å²) in [5.41, 5.74) is 0.618. The van der Waals surface area contributed by atoms with Gasteiger partial charge in [0, 0.05) is 41.7 Å². The summed E-state index contributed by atoms with van der Waals surface area (Å²) in [5, 5.41) is 13.2. The summed E-state index contributed by atoms with van der Waals surface area (Å²) in [7, 11) is 1.27. The number of hydrogen-bond donors (Lipinski definition) is 2. The molecule has 0 radical (unpaired) electrons. The van der Waals surface area contributed by atoms with E-state index in [0.29, 0.717) is 11.1 Å². The number of aromatic nitrogens is 3. The van der Waals surface area contributed by atoms with E-state index >= 15 is 0 Å². The topological polar surface area (TPSA) is 97.2 Å². The van der Waals surface area contributed by atoms with E-state index in [9.17, 15) is 18.7 Å². The first-order valence-corrected chi connectivity index (χ1v) is 9.64. The van der Waals surface area contributed by atoms with Crippen LogP contribution in [-0.4, -0.2) is 45.9 Å². The number of halogens is 2. The lowest BCUT2D eigenvalue weighted by Crippen LogP contribution is -2.49. The van der Waals surface area contributed by atoms with Crippen molar-refractivity contribution < 1.29 is 23.4 Å². The number of phenolic OH excluding ortho intramolecular Hbond substituents is 1. The molecular weight excluding hydrogens is 406 g/mol. The quantitative estimate of drug-likeness (QED) is 0.581. The maximum Gasteiger partial charge on any atom is 0.337 e. The summed E-state index contributed by atoms with van der Waals surface area (Å²) in [5.74, 6) is -0.761. The zero-order valence-electron chi connectivity index (χ0n) is 16.7. The van der Waals surface area contributed by atoms with E-state index in [2.05, 4.69) is 20.3 Å². The lowest BCUT2D eigenvalue weighted by molar-refractivity contribution is 0.0600. The van der Waals surface area contributed by atoms with Gasteiger partial charge in [0.05, 0.1) is 18.4 Å². The van der Waals surface area contributed by atoms with Crippen LogP contribution < -0.4 is 5.32 Å². The number of ether oxygens (including phenoxy) is 1. The Labute approximate surface area is 177 Å².